The lowest BCUT2D eigenvalue weighted by molar-refractivity contribution is -0.137. The topological polar surface area (TPSA) is 111 Å². The van der Waals surface area contributed by atoms with Crippen molar-refractivity contribution in [3.05, 3.63) is 64.5 Å². The molecule has 1 aliphatic heterocycles. The summed E-state index contributed by atoms with van der Waals surface area (Å²) < 4.78 is 38.6. The van der Waals surface area contributed by atoms with Crippen LogP contribution >= 0.6 is 0 Å². The normalized spacial score (nSPS) is 17.6. The molecule has 0 spiro atoms. The first-order chi connectivity index (χ1) is 18.3. The maximum absolute atomic E-state index is 12.9. The van der Waals surface area contributed by atoms with Gasteiger partial charge in [-0.05, 0) is 80.5 Å². The summed E-state index contributed by atoms with van der Waals surface area (Å²) in [5, 5.41) is 14.5. The number of amides is 1. The van der Waals surface area contributed by atoms with Gasteiger partial charge < -0.3 is 10.3 Å². The zero-order chi connectivity index (χ0) is 26.3. The van der Waals surface area contributed by atoms with Crippen molar-refractivity contribution >= 4 is 16.9 Å². The highest BCUT2D eigenvalue weighted by Crippen LogP contribution is 2.51. The maximum Gasteiger partial charge on any atom is 0.416 e. The van der Waals surface area contributed by atoms with E-state index >= 15 is 0 Å². The van der Waals surface area contributed by atoms with Crippen LogP contribution in [0.4, 0.5) is 13.2 Å². The van der Waals surface area contributed by atoms with E-state index in [0.29, 0.717) is 18.4 Å². The Morgan fingerprint density at radius 1 is 1.08 bits per heavy atom. The van der Waals surface area contributed by atoms with Gasteiger partial charge >= 0.3 is 6.18 Å². The molecule has 0 aromatic carbocycles. The van der Waals surface area contributed by atoms with E-state index in [9.17, 15) is 18.0 Å². The number of aryl methyl sites for hydroxylation is 1. The molecule has 6 rings (SSSR count). The van der Waals surface area contributed by atoms with Crippen molar-refractivity contribution < 1.29 is 18.0 Å². The van der Waals surface area contributed by atoms with E-state index in [1.807, 2.05) is 0 Å². The largest absolute Gasteiger partial charge is 0.416 e. The van der Waals surface area contributed by atoms with E-state index in [2.05, 4.69) is 42.5 Å². The summed E-state index contributed by atoms with van der Waals surface area (Å²) >= 11 is 0. The fourth-order valence-corrected chi connectivity index (χ4v) is 4.89. The highest BCUT2D eigenvalue weighted by Gasteiger charge is 2.36. The molecule has 9 nitrogen and oxygen atoms in total. The molecule has 0 bridgehead atoms. The summed E-state index contributed by atoms with van der Waals surface area (Å²) in [5.74, 6) is 0.901. The number of hydrogen-bond donors (Lipinski definition) is 4. The molecule has 1 amide bonds. The Balaban J connectivity index is 0.980. The van der Waals surface area contributed by atoms with Crippen LogP contribution in [0.2, 0.25) is 0 Å². The number of halogens is 3. The highest BCUT2D eigenvalue weighted by atomic mass is 19.4. The van der Waals surface area contributed by atoms with Gasteiger partial charge in [-0.15, -0.1) is 10.6 Å². The van der Waals surface area contributed by atoms with Gasteiger partial charge in [0.05, 0.1) is 23.5 Å². The Bertz CT molecular complexity index is 1380. The predicted molar refractivity (Wildman–Crippen MR) is 133 cm³/mol. The first-order valence-corrected chi connectivity index (χ1v) is 13.0. The molecule has 0 radical (unpaired) electrons. The summed E-state index contributed by atoms with van der Waals surface area (Å²) in [6, 6.07) is 4.03. The first kappa shape index (κ1) is 24.7. The molecule has 2 fully saturated rings. The summed E-state index contributed by atoms with van der Waals surface area (Å²) in [6.45, 7) is 0.552. The lowest BCUT2D eigenvalue weighted by Crippen LogP contribution is -2.39. The van der Waals surface area contributed by atoms with Crippen LogP contribution in [-0.4, -0.2) is 37.6 Å². The van der Waals surface area contributed by atoms with E-state index in [1.165, 1.54) is 42.3 Å². The number of unbranched alkanes of at least 4 members (excludes halogenated alkanes) is 1. The number of pyridine rings is 1. The maximum atomic E-state index is 12.9. The molecule has 2 aliphatic carbocycles. The number of aromatic amines is 1. The minimum absolute atomic E-state index is 0.112. The predicted octanol–water partition coefficient (Wildman–Crippen LogP) is 3.93. The lowest BCUT2D eigenvalue weighted by atomic mass is 10.0. The first-order valence-electron chi connectivity index (χ1n) is 13.0. The van der Waals surface area contributed by atoms with Crippen molar-refractivity contribution in [1.82, 2.24) is 41.5 Å². The number of H-pyrrole nitrogens is 1. The van der Waals surface area contributed by atoms with Crippen LogP contribution < -0.4 is 16.3 Å². The van der Waals surface area contributed by atoms with Crippen molar-refractivity contribution in [3.63, 3.8) is 0 Å². The van der Waals surface area contributed by atoms with Gasteiger partial charge in [0.1, 0.15) is 5.70 Å². The smallest absolute Gasteiger partial charge is 0.345 e. The molecule has 3 aliphatic rings. The number of carbonyl (C=O) groups excluding carboxylic acids is 1. The monoisotopic (exact) mass is 526 g/mol. The molecule has 0 unspecified atom stereocenters. The van der Waals surface area contributed by atoms with Gasteiger partial charge in [-0.25, -0.2) is 0 Å². The number of nitrogens with zero attached hydrogens (tertiary/aromatic N) is 4. The number of carbonyl (C=O) groups is 1. The number of fused-ring (bicyclic) bond motifs is 1. The SMILES string of the molecule is O=C(NCc1cc(C(F)(F)F)ccn1)C1=CN(CCCCc2cc3c(C4CC4)c(C4CC4)[nH]c3nn2)NN1. The van der Waals surface area contributed by atoms with Crippen LogP contribution in [0.5, 0.6) is 0 Å². The van der Waals surface area contributed by atoms with E-state index < -0.39 is 17.6 Å². The van der Waals surface area contributed by atoms with E-state index in [1.54, 1.807) is 11.2 Å². The highest BCUT2D eigenvalue weighted by molar-refractivity contribution is 5.92. The molecule has 4 N–H and O–H groups in total. The summed E-state index contributed by atoms with van der Waals surface area (Å²) in [5.41, 5.74) is 10.1. The van der Waals surface area contributed by atoms with Crippen molar-refractivity contribution in [3.8, 4) is 0 Å². The van der Waals surface area contributed by atoms with Crippen LogP contribution in [0.1, 0.15) is 78.6 Å². The Labute approximate surface area is 217 Å². The standard InChI is InChI=1S/C26H29F3N8O/c27-26(28,29)17-8-9-30-19(11-17)13-31-25(38)21-14-37(36-34-21)10-2-1-3-18-12-20-22(15-4-5-15)23(16-6-7-16)32-24(20)35-33-18/h8-9,11-12,14-16,34,36H,1-7,10,13H2,(H,31,38)(H,32,35). The average molecular weight is 527 g/mol. The number of hydrogen-bond acceptors (Lipinski definition) is 7. The zero-order valence-electron chi connectivity index (χ0n) is 20.7. The lowest BCUT2D eigenvalue weighted by Gasteiger charge is -2.14. The van der Waals surface area contributed by atoms with Gasteiger partial charge in [0, 0.05) is 30.0 Å². The van der Waals surface area contributed by atoms with Gasteiger partial charge in [0.15, 0.2) is 5.65 Å². The van der Waals surface area contributed by atoms with E-state index in [0.717, 1.165) is 48.9 Å². The quantitative estimate of drug-likeness (QED) is 0.296. The molecule has 0 atom stereocenters. The third-order valence-electron chi connectivity index (χ3n) is 7.17. The molecule has 2 saturated carbocycles. The average Bonchev–Trinajstić information content (AvgIpc) is 3.84. The van der Waals surface area contributed by atoms with Crippen LogP contribution in [0.25, 0.3) is 11.0 Å². The van der Waals surface area contributed by atoms with Gasteiger partial charge in [0.2, 0.25) is 0 Å². The molecule has 3 aromatic rings. The Hall–Kier alpha value is -3.67. The van der Waals surface area contributed by atoms with Gasteiger partial charge in [-0.1, -0.05) is 0 Å². The van der Waals surface area contributed by atoms with Crippen molar-refractivity contribution in [2.75, 3.05) is 6.54 Å². The second-order valence-corrected chi connectivity index (χ2v) is 10.2. The Morgan fingerprint density at radius 3 is 2.66 bits per heavy atom. The summed E-state index contributed by atoms with van der Waals surface area (Å²) in [6.07, 6.45) is 5.91. The Kier molecular flexibility index (Phi) is 6.42. The van der Waals surface area contributed by atoms with Crippen molar-refractivity contribution in [2.24, 2.45) is 0 Å². The zero-order valence-corrected chi connectivity index (χ0v) is 20.7. The number of nitrogens with one attached hydrogen (secondary N) is 4. The fourth-order valence-electron chi connectivity index (χ4n) is 4.89. The number of aromatic nitrogens is 4. The van der Waals surface area contributed by atoms with Crippen LogP contribution in [0.15, 0.2) is 36.3 Å². The van der Waals surface area contributed by atoms with Gasteiger partial charge in [-0.3, -0.25) is 20.2 Å². The van der Waals surface area contributed by atoms with E-state index in [-0.39, 0.29) is 17.9 Å². The molecule has 12 heteroatoms. The summed E-state index contributed by atoms with van der Waals surface area (Å²) in [7, 11) is 0. The van der Waals surface area contributed by atoms with Crippen molar-refractivity contribution in [1.29, 1.82) is 0 Å². The number of rotatable bonds is 10. The van der Waals surface area contributed by atoms with Crippen LogP contribution in [-0.2, 0) is 23.9 Å². The van der Waals surface area contributed by atoms with Gasteiger partial charge in [-0.2, -0.15) is 18.3 Å². The number of hydrazine groups is 2. The number of alkyl halides is 3. The second kappa shape index (κ2) is 9.90. The van der Waals surface area contributed by atoms with Crippen molar-refractivity contribution in [2.45, 2.75) is 69.5 Å². The minimum atomic E-state index is -4.46. The second-order valence-electron chi connectivity index (χ2n) is 10.2. The molecule has 38 heavy (non-hydrogen) atoms. The molecular weight excluding hydrogens is 497 g/mol. The van der Waals surface area contributed by atoms with Crippen LogP contribution in [0.3, 0.4) is 0 Å². The third-order valence-corrected chi connectivity index (χ3v) is 7.17. The van der Waals surface area contributed by atoms with Crippen LogP contribution in [0, 0.1) is 0 Å². The fraction of sp³-hybridized carbons (Fsp3) is 0.462. The Morgan fingerprint density at radius 2 is 1.89 bits per heavy atom. The molecular formula is C26H29F3N8O. The third kappa shape index (κ3) is 5.45. The van der Waals surface area contributed by atoms with E-state index in [4.69, 9.17) is 0 Å². The van der Waals surface area contributed by atoms with Gasteiger partial charge in [0.25, 0.3) is 5.91 Å². The molecule has 4 heterocycles. The molecule has 200 valence electrons. The molecule has 0 saturated heterocycles. The molecule has 3 aromatic heterocycles. The minimum Gasteiger partial charge on any atom is -0.345 e. The summed E-state index contributed by atoms with van der Waals surface area (Å²) in [4.78, 5) is 19.8.